The maximum atomic E-state index is 14.4. The fourth-order valence-corrected chi connectivity index (χ4v) is 2.74. The second kappa shape index (κ2) is 4.26. The van der Waals surface area contributed by atoms with Crippen LogP contribution in [0.2, 0.25) is 0 Å². The molecule has 0 aromatic carbocycles. The van der Waals surface area contributed by atoms with Crippen LogP contribution in [0.3, 0.4) is 0 Å². The molecule has 0 amide bonds. The van der Waals surface area contributed by atoms with Crippen LogP contribution in [0.25, 0.3) is 0 Å². The van der Waals surface area contributed by atoms with E-state index < -0.39 is 11.1 Å². The molecular weight excluding hydrogens is 221 g/mol. The summed E-state index contributed by atoms with van der Waals surface area (Å²) in [6, 6.07) is 0. The average molecular weight is 238 g/mol. The number of carbonyl (C=O) groups is 1. The Kier molecular flexibility index (Phi) is 3.61. The minimum Gasteiger partial charge on any atom is -0.465 e. The number of carbonyl (C=O) groups excluding carboxylic acids is 1. The first-order chi connectivity index (χ1) is 6.65. The van der Waals surface area contributed by atoms with Crippen LogP contribution >= 0.6 is 12.4 Å². The van der Waals surface area contributed by atoms with Crippen LogP contribution < -0.4 is 5.32 Å². The number of halogens is 2. The Morgan fingerprint density at radius 3 is 2.87 bits per heavy atom. The molecule has 0 aromatic heterocycles. The van der Waals surface area contributed by atoms with Gasteiger partial charge in [-0.15, -0.1) is 12.4 Å². The first-order valence-electron chi connectivity index (χ1n) is 5.21. The van der Waals surface area contributed by atoms with Gasteiger partial charge in [-0.25, -0.2) is 4.39 Å². The van der Waals surface area contributed by atoms with Crippen LogP contribution in [0.4, 0.5) is 4.39 Å². The van der Waals surface area contributed by atoms with Gasteiger partial charge in [0.2, 0.25) is 0 Å². The molecule has 1 saturated heterocycles. The molecule has 2 fully saturated rings. The summed E-state index contributed by atoms with van der Waals surface area (Å²) in [4.78, 5) is 11.8. The van der Waals surface area contributed by atoms with Gasteiger partial charge < -0.3 is 10.1 Å². The molecule has 1 aliphatic carbocycles. The standard InChI is InChI=1S/C10H16FNO2.ClH/c1-2-14-8(13)9-4-3-5-10(9,11)7-12-6-9;/h12H,2-7H2,1H3;1H. The topological polar surface area (TPSA) is 38.3 Å². The average Bonchev–Trinajstić information content (AvgIpc) is 2.58. The summed E-state index contributed by atoms with van der Waals surface area (Å²) in [6.07, 6.45) is 1.89. The van der Waals surface area contributed by atoms with E-state index in [1.54, 1.807) is 6.92 Å². The lowest BCUT2D eigenvalue weighted by Gasteiger charge is -2.30. The molecule has 2 unspecified atom stereocenters. The molecule has 0 bridgehead atoms. The zero-order chi connectivity index (χ0) is 10.2. The Morgan fingerprint density at radius 2 is 2.20 bits per heavy atom. The Hall–Kier alpha value is -0.350. The quantitative estimate of drug-likeness (QED) is 0.739. The molecule has 88 valence electrons. The highest BCUT2D eigenvalue weighted by molar-refractivity contribution is 5.85. The van der Waals surface area contributed by atoms with E-state index in [4.69, 9.17) is 4.74 Å². The number of ether oxygens (including phenoxy) is 1. The minimum atomic E-state index is -1.36. The number of hydrogen-bond donors (Lipinski definition) is 1. The first-order valence-corrected chi connectivity index (χ1v) is 5.21. The number of alkyl halides is 1. The molecule has 1 N–H and O–H groups in total. The number of hydrogen-bond acceptors (Lipinski definition) is 3. The molecule has 5 heteroatoms. The molecule has 3 nitrogen and oxygen atoms in total. The van der Waals surface area contributed by atoms with E-state index in [1.807, 2.05) is 0 Å². The largest absolute Gasteiger partial charge is 0.465 e. The zero-order valence-corrected chi connectivity index (χ0v) is 9.66. The van der Waals surface area contributed by atoms with Crippen LogP contribution in [0.5, 0.6) is 0 Å². The molecular formula is C10H17ClFNO2. The number of nitrogens with one attached hydrogen (secondary N) is 1. The van der Waals surface area contributed by atoms with E-state index in [9.17, 15) is 9.18 Å². The summed E-state index contributed by atoms with van der Waals surface area (Å²) < 4.78 is 19.3. The predicted molar refractivity (Wildman–Crippen MR) is 56.9 cm³/mol. The third-order valence-electron chi connectivity index (χ3n) is 3.53. The van der Waals surface area contributed by atoms with Crippen molar-refractivity contribution in [3.8, 4) is 0 Å². The van der Waals surface area contributed by atoms with Gasteiger partial charge in [0.05, 0.1) is 6.61 Å². The molecule has 0 aromatic rings. The summed E-state index contributed by atoms with van der Waals surface area (Å²) in [5.74, 6) is -0.356. The molecule has 2 atom stereocenters. The van der Waals surface area contributed by atoms with Gasteiger partial charge in [-0.1, -0.05) is 0 Å². The van der Waals surface area contributed by atoms with Crippen LogP contribution in [-0.2, 0) is 9.53 Å². The van der Waals surface area contributed by atoms with Gasteiger partial charge in [0.1, 0.15) is 11.1 Å². The van der Waals surface area contributed by atoms with Crippen molar-refractivity contribution in [1.29, 1.82) is 0 Å². The third kappa shape index (κ3) is 1.64. The summed E-state index contributed by atoms with van der Waals surface area (Å²) in [5, 5.41) is 2.97. The smallest absolute Gasteiger partial charge is 0.316 e. The number of fused-ring (bicyclic) bond motifs is 1. The maximum absolute atomic E-state index is 14.4. The van der Waals surface area contributed by atoms with E-state index in [1.165, 1.54) is 0 Å². The fraction of sp³-hybridized carbons (Fsp3) is 0.900. The van der Waals surface area contributed by atoms with Crippen molar-refractivity contribution < 1.29 is 13.9 Å². The highest BCUT2D eigenvalue weighted by Crippen LogP contribution is 2.52. The molecule has 2 aliphatic rings. The number of esters is 1. The Labute approximate surface area is 95.2 Å². The maximum Gasteiger partial charge on any atom is 0.316 e. The second-order valence-corrected chi connectivity index (χ2v) is 4.22. The van der Waals surface area contributed by atoms with Crippen molar-refractivity contribution in [3.63, 3.8) is 0 Å². The SMILES string of the molecule is CCOC(=O)C12CCCC1(F)CNC2.Cl. The number of rotatable bonds is 2. The van der Waals surface area contributed by atoms with Gasteiger partial charge in [0.25, 0.3) is 0 Å². The van der Waals surface area contributed by atoms with Gasteiger partial charge in [-0.2, -0.15) is 0 Å². The monoisotopic (exact) mass is 237 g/mol. The zero-order valence-electron chi connectivity index (χ0n) is 8.85. The van der Waals surface area contributed by atoms with Crippen LogP contribution in [-0.4, -0.2) is 31.3 Å². The Morgan fingerprint density at radius 1 is 1.47 bits per heavy atom. The lowest BCUT2D eigenvalue weighted by Crippen LogP contribution is -2.46. The molecule has 2 rings (SSSR count). The van der Waals surface area contributed by atoms with Gasteiger partial charge in [0.15, 0.2) is 0 Å². The van der Waals surface area contributed by atoms with Gasteiger partial charge in [0, 0.05) is 13.1 Å². The van der Waals surface area contributed by atoms with Crippen LogP contribution in [0.1, 0.15) is 26.2 Å². The third-order valence-corrected chi connectivity index (χ3v) is 3.53. The summed E-state index contributed by atoms with van der Waals surface area (Å²) in [5.41, 5.74) is -2.25. The van der Waals surface area contributed by atoms with Crippen molar-refractivity contribution in [2.75, 3.05) is 19.7 Å². The second-order valence-electron chi connectivity index (χ2n) is 4.22. The van der Waals surface area contributed by atoms with E-state index in [-0.39, 0.29) is 18.4 Å². The predicted octanol–water partition coefficient (Wildman–Crippen LogP) is 1.45. The van der Waals surface area contributed by atoms with Crippen LogP contribution in [0.15, 0.2) is 0 Å². The first kappa shape index (κ1) is 12.7. The Bertz CT molecular complexity index is 250. The summed E-state index contributed by atoms with van der Waals surface area (Å²) >= 11 is 0. The van der Waals surface area contributed by atoms with E-state index in [0.717, 1.165) is 6.42 Å². The minimum absolute atomic E-state index is 0. The van der Waals surface area contributed by atoms with Crippen molar-refractivity contribution in [2.24, 2.45) is 5.41 Å². The van der Waals surface area contributed by atoms with Crippen molar-refractivity contribution in [2.45, 2.75) is 31.9 Å². The molecule has 1 heterocycles. The summed E-state index contributed by atoms with van der Waals surface area (Å²) in [7, 11) is 0. The molecule has 1 aliphatic heterocycles. The molecule has 0 spiro atoms. The lowest BCUT2D eigenvalue weighted by atomic mass is 9.78. The van der Waals surface area contributed by atoms with Crippen molar-refractivity contribution in [1.82, 2.24) is 5.32 Å². The van der Waals surface area contributed by atoms with E-state index in [0.29, 0.717) is 32.5 Å². The van der Waals surface area contributed by atoms with Gasteiger partial charge in [-0.05, 0) is 26.2 Å². The normalized spacial score (nSPS) is 38.3. The highest BCUT2D eigenvalue weighted by atomic mass is 35.5. The van der Waals surface area contributed by atoms with Crippen molar-refractivity contribution in [3.05, 3.63) is 0 Å². The highest BCUT2D eigenvalue weighted by Gasteiger charge is 2.64. The molecule has 1 saturated carbocycles. The molecule has 15 heavy (non-hydrogen) atoms. The van der Waals surface area contributed by atoms with Crippen molar-refractivity contribution >= 4 is 18.4 Å². The summed E-state index contributed by atoms with van der Waals surface area (Å²) in [6.45, 7) is 2.82. The van der Waals surface area contributed by atoms with Gasteiger partial charge >= 0.3 is 5.97 Å². The van der Waals surface area contributed by atoms with Crippen LogP contribution in [0, 0.1) is 5.41 Å². The van der Waals surface area contributed by atoms with Gasteiger partial charge in [-0.3, -0.25) is 4.79 Å². The molecule has 0 radical (unpaired) electrons. The van der Waals surface area contributed by atoms with E-state index in [2.05, 4.69) is 5.32 Å². The fourth-order valence-electron chi connectivity index (χ4n) is 2.74. The Balaban J connectivity index is 0.00000112. The lowest BCUT2D eigenvalue weighted by molar-refractivity contribution is -0.160. The van der Waals surface area contributed by atoms with E-state index >= 15 is 0 Å².